The van der Waals surface area contributed by atoms with Gasteiger partial charge in [0, 0.05) is 16.1 Å². The average molecular weight is 422 g/mol. The van der Waals surface area contributed by atoms with E-state index in [9.17, 15) is 13.2 Å². The molecular weight excluding hydrogens is 407 g/mol. The van der Waals surface area contributed by atoms with Gasteiger partial charge in [0.15, 0.2) is 0 Å². The van der Waals surface area contributed by atoms with Crippen molar-refractivity contribution in [1.82, 2.24) is 4.98 Å². The minimum atomic E-state index is -4.25. The molecule has 0 saturated carbocycles. The van der Waals surface area contributed by atoms with Crippen LogP contribution in [0.15, 0.2) is 59.2 Å². The maximum Gasteiger partial charge on any atom is 0.405 e. The number of nitrogens with zero attached hydrogens (tertiary/aromatic N) is 3. The number of hydrogen-bond acceptors (Lipinski definition) is 3. The lowest BCUT2D eigenvalue weighted by Crippen LogP contribution is -2.37. The summed E-state index contributed by atoms with van der Waals surface area (Å²) in [6, 6.07) is 15.0. The van der Waals surface area contributed by atoms with Crippen molar-refractivity contribution in [2.75, 3.05) is 23.0 Å². The average Bonchev–Trinajstić information content (AvgIpc) is 2.94. The maximum absolute atomic E-state index is 12.9. The van der Waals surface area contributed by atoms with Gasteiger partial charge in [-0.25, -0.2) is 0 Å². The van der Waals surface area contributed by atoms with Crippen molar-refractivity contribution in [2.24, 2.45) is 0 Å². The van der Waals surface area contributed by atoms with Gasteiger partial charge in [0.1, 0.15) is 6.54 Å². The van der Waals surface area contributed by atoms with E-state index in [4.69, 9.17) is 0 Å². The van der Waals surface area contributed by atoms with Crippen LogP contribution < -0.4 is 9.80 Å². The van der Waals surface area contributed by atoms with Gasteiger partial charge in [-0.05, 0) is 33.4 Å². The fourth-order valence-electron chi connectivity index (χ4n) is 3.30. The zero-order valence-electron chi connectivity index (χ0n) is 13.7. The van der Waals surface area contributed by atoms with E-state index in [-0.39, 0.29) is 6.67 Å². The Hall–Kier alpha value is -2.28. The zero-order valence-corrected chi connectivity index (χ0v) is 15.3. The molecule has 1 aliphatic heterocycles. The molecule has 0 unspecified atom stereocenters. The third-order valence-corrected chi connectivity index (χ3v) is 5.31. The van der Waals surface area contributed by atoms with Crippen molar-refractivity contribution in [3.05, 3.63) is 64.9 Å². The number of halogens is 4. The lowest BCUT2D eigenvalue weighted by molar-refractivity contribution is -0.119. The number of rotatable bonds is 3. The van der Waals surface area contributed by atoms with Crippen molar-refractivity contribution in [1.29, 1.82) is 0 Å². The molecular formula is C19H15BrF3N3. The van der Waals surface area contributed by atoms with Crippen LogP contribution in [0.1, 0.15) is 5.69 Å². The van der Waals surface area contributed by atoms with Gasteiger partial charge in [0.05, 0.1) is 30.3 Å². The SMILES string of the molecule is FC(F)(F)CN1CN(Cc2ncc3ccccc3c2Br)c2ccccc21. The molecule has 1 aliphatic rings. The number of anilines is 2. The summed E-state index contributed by atoms with van der Waals surface area (Å²) in [5.41, 5.74) is 2.19. The fraction of sp³-hybridized carbons (Fsp3) is 0.211. The minimum Gasteiger partial charge on any atom is -0.346 e. The first-order valence-electron chi connectivity index (χ1n) is 8.10. The maximum atomic E-state index is 12.9. The van der Waals surface area contributed by atoms with Gasteiger partial charge >= 0.3 is 6.18 Å². The van der Waals surface area contributed by atoms with Crippen LogP contribution in [0.25, 0.3) is 10.8 Å². The quantitative estimate of drug-likeness (QED) is 0.568. The van der Waals surface area contributed by atoms with Crippen LogP contribution in [0.4, 0.5) is 24.5 Å². The van der Waals surface area contributed by atoms with Gasteiger partial charge in [-0.3, -0.25) is 4.98 Å². The molecule has 0 aliphatic carbocycles. The van der Waals surface area contributed by atoms with Crippen LogP contribution in [0.5, 0.6) is 0 Å². The molecule has 26 heavy (non-hydrogen) atoms. The molecule has 1 aromatic heterocycles. The molecule has 2 aromatic carbocycles. The van der Waals surface area contributed by atoms with Crippen LogP contribution in [0.2, 0.25) is 0 Å². The molecule has 0 fully saturated rings. The van der Waals surface area contributed by atoms with Crippen LogP contribution in [0, 0.1) is 0 Å². The Morgan fingerprint density at radius 3 is 2.35 bits per heavy atom. The van der Waals surface area contributed by atoms with E-state index in [1.807, 2.05) is 41.3 Å². The summed E-state index contributed by atoms with van der Waals surface area (Å²) in [6.07, 6.45) is -2.45. The molecule has 2 heterocycles. The first-order chi connectivity index (χ1) is 12.4. The molecule has 134 valence electrons. The Labute approximate surface area is 157 Å². The predicted molar refractivity (Wildman–Crippen MR) is 100 cm³/mol. The summed E-state index contributed by atoms with van der Waals surface area (Å²) in [5.74, 6) is 0. The van der Waals surface area contributed by atoms with E-state index in [1.165, 1.54) is 4.90 Å². The Bertz CT molecular complexity index is 958. The van der Waals surface area contributed by atoms with Gasteiger partial charge in [-0.15, -0.1) is 0 Å². The molecule has 3 nitrogen and oxygen atoms in total. The highest BCUT2D eigenvalue weighted by atomic mass is 79.9. The lowest BCUT2D eigenvalue weighted by atomic mass is 10.1. The summed E-state index contributed by atoms with van der Waals surface area (Å²) in [5, 5.41) is 2.06. The number of aromatic nitrogens is 1. The first kappa shape index (κ1) is 17.1. The summed E-state index contributed by atoms with van der Waals surface area (Å²) in [6.45, 7) is -0.358. The van der Waals surface area contributed by atoms with E-state index in [0.29, 0.717) is 12.2 Å². The number of hydrogen-bond donors (Lipinski definition) is 0. The molecule has 0 atom stereocenters. The molecule has 3 aromatic rings. The second-order valence-electron chi connectivity index (χ2n) is 6.25. The van der Waals surface area contributed by atoms with Crippen LogP contribution >= 0.6 is 15.9 Å². The first-order valence-corrected chi connectivity index (χ1v) is 8.89. The van der Waals surface area contributed by atoms with Crippen molar-refractivity contribution in [3.63, 3.8) is 0 Å². The van der Waals surface area contributed by atoms with Crippen molar-refractivity contribution in [2.45, 2.75) is 12.7 Å². The van der Waals surface area contributed by atoms with Gasteiger partial charge in [0.25, 0.3) is 0 Å². The highest BCUT2D eigenvalue weighted by Gasteiger charge is 2.36. The van der Waals surface area contributed by atoms with Gasteiger partial charge in [0.2, 0.25) is 0 Å². The van der Waals surface area contributed by atoms with E-state index < -0.39 is 12.7 Å². The third kappa shape index (κ3) is 3.23. The number of alkyl halides is 3. The molecule has 0 spiro atoms. The van der Waals surface area contributed by atoms with Gasteiger partial charge in [-0.2, -0.15) is 13.2 Å². The molecule has 0 saturated heterocycles. The van der Waals surface area contributed by atoms with E-state index >= 15 is 0 Å². The van der Waals surface area contributed by atoms with Crippen molar-refractivity contribution < 1.29 is 13.2 Å². The number of para-hydroxylation sites is 2. The molecule has 0 N–H and O–H groups in total. The fourth-order valence-corrected chi connectivity index (χ4v) is 3.89. The van der Waals surface area contributed by atoms with Crippen LogP contribution in [-0.4, -0.2) is 24.4 Å². The largest absolute Gasteiger partial charge is 0.405 e. The predicted octanol–water partition coefficient (Wildman–Crippen LogP) is 5.34. The molecule has 0 bridgehead atoms. The summed E-state index contributed by atoms with van der Waals surface area (Å²) >= 11 is 3.61. The molecule has 0 amide bonds. The summed E-state index contributed by atoms with van der Waals surface area (Å²) < 4.78 is 39.6. The smallest absolute Gasteiger partial charge is 0.346 e. The second kappa shape index (κ2) is 6.46. The highest BCUT2D eigenvalue weighted by Crippen LogP contribution is 2.39. The zero-order chi connectivity index (χ0) is 18.3. The molecule has 7 heteroatoms. The van der Waals surface area contributed by atoms with Crippen LogP contribution in [-0.2, 0) is 6.54 Å². The Morgan fingerprint density at radius 2 is 1.62 bits per heavy atom. The van der Waals surface area contributed by atoms with Crippen molar-refractivity contribution in [3.8, 4) is 0 Å². The summed E-state index contributed by atoms with van der Waals surface area (Å²) in [4.78, 5) is 7.78. The normalized spacial score (nSPS) is 14.2. The van der Waals surface area contributed by atoms with Gasteiger partial charge < -0.3 is 9.80 Å². The third-order valence-electron chi connectivity index (χ3n) is 4.43. The number of benzene rings is 2. The van der Waals surface area contributed by atoms with Crippen LogP contribution in [0.3, 0.4) is 0 Å². The lowest BCUT2D eigenvalue weighted by Gasteiger charge is -2.23. The highest BCUT2D eigenvalue weighted by molar-refractivity contribution is 9.10. The topological polar surface area (TPSA) is 19.4 Å². The van der Waals surface area contributed by atoms with E-state index in [1.54, 1.807) is 18.3 Å². The van der Waals surface area contributed by atoms with E-state index in [2.05, 4.69) is 20.9 Å². The van der Waals surface area contributed by atoms with Crippen molar-refractivity contribution >= 4 is 38.1 Å². The Morgan fingerprint density at radius 1 is 0.962 bits per heavy atom. The molecule has 4 rings (SSSR count). The number of pyridine rings is 1. The minimum absolute atomic E-state index is 0.180. The van der Waals surface area contributed by atoms with Gasteiger partial charge in [-0.1, -0.05) is 36.4 Å². The summed E-state index contributed by atoms with van der Waals surface area (Å²) in [7, 11) is 0. The monoisotopic (exact) mass is 421 g/mol. The number of fused-ring (bicyclic) bond motifs is 2. The standard InChI is InChI=1S/C19H15BrF3N3/c20-18-14-6-2-1-5-13(14)9-24-15(18)10-25-12-26(11-19(21,22)23)17-8-4-3-7-16(17)25/h1-9H,10-12H2. The Balaban J connectivity index is 1.66. The molecule has 0 radical (unpaired) electrons. The Kier molecular flexibility index (Phi) is 4.26. The second-order valence-corrected chi connectivity index (χ2v) is 7.04. The van der Waals surface area contributed by atoms with E-state index in [0.717, 1.165) is 26.6 Å².